The first kappa shape index (κ1) is 24.5. The summed E-state index contributed by atoms with van der Waals surface area (Å²) in [7, 11) is 0. The van der Waals surface area contributed by atoms with Gasteiger partial charge in [-0.2, -0.15) is 0 Å². The Labute approximate surface area is 196 Å². The zero-order valence-electron chi connectivity index (χ0n) is 20.0. The molecule has 5 nitrogen and oxygen atoms in total. The molecule has 2 heterocycles. The molecule has 6 heteroatoms. The Balaban J connectivity index is 1.83. The first-order valence-electron chi connectivity index (χ1n) is 11.5. The molecule has 0 bridgehead atoms. The largest absolute Gasteiger partial charge is 0.382 e. The van der Waals surface area contributed by atoms with Crippen LogP contribution in [0, 0.1) is 12.3 Å². The summed E-state index contributed by atoms with van der Waals surface area (Å²) in [5, 5.41) is 2.11. The lowest BCUT2D eigenvalue weighted by molar-refractivity contribution is -0.146. The lowest BCUT2D eigenvalue weighted by Gasteiger charge is -2.38. The highest BCUT2D eigenvalue weighted by atomic mass is 32.1. The molecule has 0 aliphatic carbocycles. The fourth-order valence-electron chi connectivity index (χ4n) is 4.18. The van der Waals surface area contributed by atoms with Crippen LogP contribution in [0.3, 0.4) is 0 Å². The number of rotatable bonds is 8. The van der Waals surface area contributed by atoms with Crippen molar-refractivity contribution in [3.63, 3.8) is 0 Å². The quantitative estimate of drug-likeness (QED) is 0.535. The van der Waals surface area contributed by atoms with Crippen molar-refractivity contribution < 1.29 is 14.3 Å². The maximum absolute atomic E-state index is 13.6. The smallest absolute Gasteiger partial charge is 0.242 e. The fourth-order valence-corrected chi connectivity index (χ4v) is 5.08. The predicted molar refractivity (Wildman–Crippen MR) is 130 cm³/mol. The van der Waals surface area contributed by atoms with Gasteiger partial charge in [-0.15, -0.1) is 11.3 Å². The molecule has 1 aromatic heterocycles. The van der Waals surface area contributed by atoms with Gasteiger partial charge in [0.05, 0.1) is 12.6 Å². The van der Waals surface area contributed by atoms with Crippen LogP contribution in [0.1, 0.15) is 61.7 Å². The van der Waals surface area contributed by atoms with Gasteiger partial charge in [-0.05, 0) is 49.3 Å². The van der Waals surface area contributed by atoms with Crippen LogP contribution in [-0.4, -0.2) is 54.5 Å². The maximum atomic E-state index is 13.6. The second-order valence-electron chi connectivity index (χ2n) is 9.48. The molecule has 0 N–H and O–H groups in total. The zero-order chi connectivity index (χ0) is 23.3. The topological polar surface area (TPSA) is 49.9 Å². The van der Waals surface area contributed by atoms with Gasteiger partial charge in [-0.25, -0.2) is 0 Å². The van der Waals surface area contributed by atoms with Crippen LogP contribution in [0.4, 0.5) is 0 Å². The number of aryl methyl sites for hydroxylation is 1. The molecule has 0 spiro atoms. The number of amides is 2. The van der Waals surface area contributed by atoms with Gasteiger partial charge in [0.25, 0.3) is 0 Å². The van der Waals surface area contributed by atoms with Gasteiger partial charge >= 0.3 is 0 Å². The van der Waals surface area contributed by atoms with Crippen molar-refractivity contribution in [3.8, 4) is 0 Å². The average Bonchev–Trinajstić information content (AvgIpc) is 3.23. The second kappa shape index (κ2) is 10.6. The Morgan fingerprint density at radius 1 is 1.19 bits per heavy atom. The van der Waals surface area contributed by atoms with Crippen LogP contribution in [0.2, 0.25) is 0 Å². The molecule has 1 aliphatic rings. The highest BCUT2D eigenvalue weighted by Gasteiger charge is 2.35. The number of benzene rings is 1. The van der Waals surface area contributed by atoms with E-state index < -0.39 is 5.41 Å². The summed E-state index contributed by atoms with van der Waals surface area (Å²) in [6.45, 7) is 12.3. The number of thiophene rings is 1. The molecular formula is C26H36N2O3S. The summed E-state index contributed by atoms with van der Waals surface area (Å²) in [4.78, 5) is 31.8. The van der Waals surface area contributed by atoms with E-state index >= 15 is 0 Å². The Kier molecular flexibility index (Phi) is 8.12. The van der Waals surface area contributed by atoms with Crippen LogP contribution in [-0.2, 0) is 20.7 Å². The number of fused-ring (bicyclic) bond motifs is 1. The minimum Gasteiger partial charge on any atom is -0.382 e. The minimum atomic E-state index is -0.537. The molecule has 1 aromatic carbocycles. The standard InChI is InChI=1S/C26H36N2O3S/c1-6-31-16-7-14-27(25(30)26(3,4)5)18-23(29)28-15-12-22-21(13-17-32-22)24(28)20-10-8-19(2)9-11-20/h8-11,13,17,24H,6-7,12,14-16,18H2,1-5H3. The number of carbonyl (C=O) groups excluding carboxylic acids is 2. The van der Waals surface area contributed by atoms with Crippen LogP contribution in [0.15, 0.2) is 35.7 Å². The Bertz CT molecular complexity index is 914. The van der Waals surface area contributed by atoms with Crippen molar-refractivity contribution in [1.82, 2.24) is 9.80 Å². The third-order valence-electron chi connectivity index (χ3n) is 5.86. The van der Waals surface area contributed by atoms with E-state index in [0.29, 0.717) is 26.3 Å². The molecule has 32 heavy (non-hydrogen) atoms. The van der Waals surface area contributed by atoms with E-state index in [-0.39, 0.29) is 24.4 Å². The number of hydrogen-bond donors (Lipinski definition) is 0. The summed E-state index contributed by atoms with van der Waals surface area (Å²) in [5.74, 6) is 0.00361. The van der Waals surface area contributed by atoms with Crippen LogP contribution in [0.5, 0.6) is 0 Å². The summed E-state index contributed by atoms with van der Waals surface area (Å²) in [5.41, 5.74) is 2.99. The molecule has 0 saturated heterocycles. The maximum Gasteiger partial charge on any atom is 0.242 e. The van der Waals surface area contributed by atoms with E-state index in [2.05, 4.69) is 42.6 Å². The summed E-state index contributed by atoms with van der Waals surface area (Å²) in [6, 6.07) is 10.5. The van der Waals surface area contributed by atoms with Crippen molar-refractivity contribution >= 4 is 23.2 Å². The van der Waals surface area contributed by atoms with Crippen molar-refractivity contribution in [3.05, 3.63) is 57.3 Å². The van der Waals surface area contributed by atoms with E-state index in [9.17, 15) is 9.59 Å². The van der Waals surface area contributed by atoms with Crippen molar-refractivity contribution in [2.75, 3.05) is 32.8 Å². The molecule has 1 aliphatic heterocycles. The lowest BCUT2D eigenvalue weighted by Crippen LogP contribution is -2.49. The number of nitrogens with zero attached hydrogens (tertiary/aromatic N) is 2. The second-order valence-corrected chi connectivity index (χ2v) is 10.5. The number of hydrogen-bond acceptors (Lipinski definition) is 4. The Hall–Kier alpha value is -2.18. The predicted octanol–water partition coefficient (Wildman–Crippen LogP) is 4.83. The molecule has 2 amide bonds. The molecule has 0 fully saturated rings. The van der Waals surface area contributed by atoms with Gasteiger partial charge in [0.15, 0.2) is 0 Å². The lowest BCUT2D eigenvalue weighted by atomic mass is 9.92. The minimum absolute atomic E-state index is 0.00133. The summed E-state index contributed by atoms with van der Waals surface area (Å²) >= 11 is 1.76. The first-order chi connectivity index (χ1) is 15.2. The van der Waals surface area contributed by atoms with Gasteiger partial charge in [0.2, 0.25) is 11.8 Å². The summed E-state index contributed by atoms with van der Waals surface area (Å²) in [6.07, 6.45) is 1.58. The molecule has 1 atom stereocenters. The van der Waals surface area contributed by atoms with E-state index in [0.717, 1.165) is 18.4 Å². The van der Waals surface area contributed by atoms with E-state index in [1.165, 1.54) is 16.0 Å². The summed E-state index contributed by atoms with van der Waals surface area (Å²) < 4.78 is 5.45. The molecule has 0 saturated carbocycles. The normalized spacial score (nSPS) is 16.0. The third-order valence-corrected chi connectivity index (χ3v) is 6.85. The van der Waals surface area contributed by atoms with E-state index in [4.69, 9.17) is 4.74 Å². The highest BCUT2D eigenvalue weighted by Crippen LogP contribution is 2.38. The van der Waals surface area contributed by atoms with E-state index in [1.807, 2.05) is 32.6 Å². The van der Waals surface area contributed by atoms with Gasteiger partial charge in [0, 0.05) is 36.6 Å². The van der Waals surface area contributed by atoms with Gasteiger partial charge in [-0.1, -0.05) is 50.6 Å². The molecule has 0 radical (unpaired) electrons. The van der Waals surface area contributed by atoms with Crippen molar-refractivity contribution in [2.45, 2.75) is 53.5 Å². The zero-order valence-corrected chi connectivity index (χ0v) is 20.8. The molecule has 174 valence electrons. The molecule has 2 aromatic rings. The molecule has 1 unspecified atom stereocenters. The van der Waals surface area contributed by atoms with E-state index in [1.54, 1.807) is 16.2 Å². The monoisotopic (exact) mass is 456 g/mol. The Morgan fingerprint density at radius 2 is 1.91 bits per heavy atom. The van der Waals surface area contributed by atoms with Crippen LogP contribution < -0.4 is 0 Å². The SMILES string of the molecule is CCOCCCN(CC(=O)N1CCc2sccc2C1c1ccc(C)cc1)C(=O)C(C)(C)C. The van der Waals surface area contributed by atoms with Gasteiger partial charge in [-0.3, -0.25) is 9.59 Å². The molecule has 3 rings (SSSR count). The third kappa shape index (κ3) is 5.78. The number of ether oxygens (including phenoxy) is 1. The Morgan fingerprint density at radius 3 is 2.56 bits per heavy atom. The first-order valence-corrected chi connectivity index (χ1v) is 12.4. The van der Waals surface area contributed by atoms with Gasteiger partial charge < -0.3 is 14.5 Å². The van der Waals surface area contributed by atoms with Crippen molar-refractivity contribution in [2.24, 2.45) is 5.41 Å². The van der Waals surface area contributed by atoms with Gasteiger partial charge in [0.1, 0.15) is 0 Å². The fraction of sp³-hybridized carbons (Fsp3) is 0.538. The van der Waals surface area contributed by atoms with Crippen LogP contribution in [0.25, 0.3) is 0 Å². The molecular weight excluding hydrogens is 420 g/mol. The number of carbonyl (C=O) groups is 2. The van der Waals surface area contributed by atoms with Crippen LogP contribution >= 0.6 is 11.3 Å². The highest BCUT2D eigenvalue weighted by molar-refractivity contribution is 7.10. The van der Waals surface area contributed by atoms with Crippen molar-refractivity contribution in [1.29, 1.82) is 0 Å². The average molecular weight is 457 g/mol.